The van der Waals surface area contributed by atoms with Crippen molar-refractivity contribution in [2.24, 2.45) is 16.1 Å². The second-order valence-corrected chi connectivity index (χ2v) is 9.35. The van der Waals surface area contributed by atoms with Crippen molar-refractivity contribution in [3.8, 4) is 0 Å². The van der Waals surface area contributed by atoms with Crippen molar-refractivity contribution < 1.29 is 4.74 Å². The first kappa shape index (κ1) is 19.1. The number of fused-ring (bicyclic) bond motifs is 2. The van der Waals surface area contributed by atoms with Gasteiger partial charge in [0.1, 0.15) is 11.5 Å². The van der Waals surface area contributed by atoms with Crippen LogP contribution in [0.25, 0.3) is 0 Å². The van der Waals surface area contributed by atoms with Crippen LogP contribution in [0.15, 0.2) is 40.9 Å². The molecule has 0 unspecified atom stereocenters. The zero-order valence-electron chi connectivity index (χ0n) is 18.1. The van der Waals surface area contributed by atoms with E-state index in [9.17, 15) is 0 Å². The molecule has 6 heteroatoms. The molecule has 1 spiro atoms. The number of benzene rings is 1. The van der Waals surface area contributed by atoms with Crippen LogP contribution in [-0.4, -0.2) is 42.0 Å². The van der Waals surface area contributed by atoms with E-state index in [1.807, 2.05) is 0 Å². The van der Waals surface area contributed by atoms with Crippen molar-refractivity contribution in [3.05, 3.63) is 64.1 Å². The van der Waals surface area contributed by atoms with Gasteiger partial charge in [0.15, 0.2) is 0 Å². The number of aromatic nitrogens is 2. The molecule has 0 amide bonds. The quantitative estimate of drug-likeness (QED) is 0.815. The summed E-state index contributed by atoms with van der Waals surface area (Å²) in [7, 11) is 0. The van der Waals surface area contributed by atoms with Gasteiger partial charge in [-0.3, -0.25) is 4.99 Å². The van der Waals surface area contributed by atoms with Crippen LogP contribution in [0, 0.1) is 12.3 Å². The predicted molar refractivity (Wildman–Crippen MR) is 121 cm³/mol. The molecule has 1 aromatic heterocycles. The number of hydrogen-bond donors (Lipinski definition) is 1. The number of hydrogen-bond acceptors (Lipinski definition) is 6. The number of rotatable bonds is 2. The van der Waals surface area contributed by atoms with E-state index in [1.165, 1.54) is 16.7 Å². The molecule has 6 nitrogen and oxygen atoms in total. The molecule has 6 rings (SSSR count). The average Bonchev–Trinajstić information content (AvgIpc) is 3.33. The molecule has 2 N–H and O–H groups in total. The fourth-order valence-electron chi connectivity index (χ4n) is 5.84. The van der Waals surface area contributed by atoms with Crippen molar-refractivity contribution in [1.29, 1.82) is 0 Å². The fraction of sp³-hybridized carbons (Fsp3) is 0.480. The lowest BCUT2D eigenvalue weighted by molar-refractivity contribution is 0.156. The minimum atomic E-state index is 0.141. The largest absolute Gasteiger partial charge is 0.377 e. The lowest BCUT2D eigenvalue weighted by Crippen LogP contribution is -2.45. The van der Waals surface area contributed by atoms with E-state index in [1.54, 1.807) is 0 Å². The first-order chi connectivity index (χ1) is 15.1. The molecule has 0 radical (unpaired) electrons. The summed E-state index contributed by atoms with van der Waals surface area (Å²) < 4.78 is 5.45. The third kappa shape index (κ3) is 3.04. The monoisotopic (exact) mass is 415 g/mol. The lowest BCUT2D eigenvalue weighted by Gasteiger charge is -2.43. The number of ether oxygens (including phenoxy) is 1. The molecule has 1 atom stereocenters. The van der Waals surface area contributed by atoms with Crippen LogP contribution in [0.1, 0.15) is 53.5 Å². The van der Waals surface area contributed by atoms with Gasteiger partial charge in [-0.05, 0) is 54.7 Å². The Morgan fingerprint density at radius 1 is 1.16 bits per heavy atom. The third-order valence-electron chi connectivity index (χ3n) is 7.65. The molecule has 1 saturated heterocycles. The van der Waals surface area contributed by atoms with Gasteiger partial charge in [-0.15, -0.1) is 0 Å². The van der Waals surface area contributed by atoms with Crippen molar-refractivity contribution in [1.82, 2.24) is 9.97 Å². The molecule has 0 saturated carbocycles. The van der Waals surface area contributed by atoms with E-state index >= 15 is 0 Å². The molecule has 4 aliphatic rings. The second kappa shape index (κ2) is 7.24. The molecule has 3 aliphatic heterocycles. The fourth-order valence-corrected chi connectivity index (χ4v) is 5.84. The van der Waals surface area contributed by atoms with Crippen LogP contribution in [0.3, 0.4) is 0 Å². The number of nitrogens with two attached hydrogens (primary N) is 1. The normalized spacial score (nSPS) is 24.1. The number of piperidine rings is 1. The minimum absolute atomic E-state index is 0.141. The highest BCUT2D eigenvalue weighted by Crippen LogP contribution is 2.51. The molecule has 1 aliphatic carbocycles. The highest BCUT2D eigenvalue weighted by molar-refractivity contribution is 6.13. The van der Waals surface area contributed by atoms with Crippen molar-refractivity contribution in [2.45, 2.75) is 45.2 Å². The van der Waals surface area contributed by atoms with Crippen LogP contribution in [-0.2, 0) is 17.7 Å². The standard InChI is InChI=1S/C25H29N5O/c1-16-24(29-20-15-27-21(22(20)28-16)17-6-12-31-13-7-17)30-10-8-25(9-11-30)14-18-4-2-3-5-19(18)23(25)26/h2-6,23H,7-15,26H2,1H3/t23-/m1/s1. The average molecular weight is 416 g/mol. The summed E-state index contributed by atoms with van der Waals surface area (Å²) in [4.78, 5) is 17.2. The third-order valence-corrected chi connectivity index (χ3v) is 7.65. The molecule has 2 aromatic rings. The molecule has 0 bridgehead atoms. The number of aryl methyl sites for hydroxylation is 1. The van der Waals surface area contributed by atoms with Crippen LogP contribution in [0.4, 0.5) is 5.82 Å². The van der Waals surface area contributed by atoms with Gasteiger partial charge in [0.2, 0.25) is 0 Å². The molecule has 4 heterocycles. The predicted octanol–water partition coefficient (Wildman–Crippen LogP) is 3.28. The summed E-state index contributed by atoms with van der Waals surface area (Å²) in [5.41, 5.74) is 15.0. The number of anilines is 1. The Bertz CT molecular complexity index is 1100. The molecular weight excluding hydrogens is 386 g/mol. The maximum Gasteiger partial charge on any atom is 0.150 e. The first-order valence-electron chi connectivity index (χ1n) is 11.4. The Morgan fingerprint density at radius 2 is 2.00 bits per heavy atom. The van der Waals surface area contributed by atoms with E-state index in [4.69, 9.17) is 25.4 Å². The van der Waals surface area contributed by atoms with E-state index < -0.39 is 0 Å². The van der Waals surface area contributed by atoms with Crippen LogP contribution in [0.5, 0.6) is 0 Å². The smallest absolute Gasteiger partial charge is 0.150 e. The zero-order chi connectivity index (χ0) is 21.0. The summed E-state index contributed by atoms with van der Waals surface area (Å²) in [6.07, 6.45) is 6.32. The van der Waals surface area contributed by atoms with Gasteiger partial charge >= 0.3 is 0 Å². The van der Waals surface area contributed by atoms with Gasteiger partial charge in [0, 0.05) is 19.1 Å². The summed E-state index contributed by atoms with van der Waals surface area (Å²) in [5, 5.41) is 0. The first-order valence-corrected chi connectivity index (χ1v) is 11.4. The van der Waals surface area contributed by atoms with E-state index in [0.29, 0.717) is 13.2 Å². The number of aliphatic imine (C=N–C) groups is 1. The lowest BCUT2D eigenvalue weighted by atomic mass is 9.73. The molecule has 31 heavy (non-hydrogen) atoms. The van der Waals surface area contributed by atoms with E-state index in [2.05, 4.69) is 42.2 Å². The van der Waals surface area contributed by atoms with Crippen molar-refractivity contribution >= 4 is 11.5 Å². The Hall–Kier alpha value is -2.57. The molecule has 1 fully saturated rings. The van der Waals surface area contributed by atoms with E-state index in [0.717, 1.165) is 74.0 Å². The van der Waals surface area contributed by atoms with Gasteiger partial charge in [-0.1, -0.05) is 30.3 Å². The van der Waals surface area contributed by atoms with Crippen LogP contribution >= 0.6 is 0 Å². The highest BCUT2D eigenvalue weighted by atomic mass is 16.5. The van der Waals surface area contributed by atoms with Gasteiger partial charge in [-0.2, -0.15) is 0 Å². The molecule has 1 aromatic carbocycles. The Morgan fingerprint density at radius 3 is 2.77 bits per heavy atom. The second-order valence-electron chi connectivity index (χ2n) is 9.35. The summed E-state index contributed by atoms with van der Waals surface area (Å²) in [5.74, 6) is 1.02. The Kier molecular flexibility index (Phi) is 4.47. The van der Waals surface area contributed by atoms with Crippen LogP contribution in [0.2, 0.25) is 0 Å². The SMILES string of the molecule is Cc1nc2c(nc1N1CCC3(CC1)Cc1ccccc1[C@H]3N)CN=C2C1=CCOCC1. The van der Waals surface area contributed by atoms with Gasteiger partial charge in [0.05, 0.1) is 36.9 Å². The summed E-state index contributed by atoms with van der Waals surface area (Å²) >= 11 is 0. The highest BCUT2D eigenvalue weighted by Gasteiger charge is 2.46. The minimum Gasteiger partial charge on any atom is -0.377 e. The summed E-state index contributed by atoms with van der Waals surface area (Å²) in [6, 6.07) is 8.85. The molecular formula is C25H29N5O. The van der Waals surface area contributed by atoms with Crippen LogP contribution < -0.4 is 10.6 Å². The Balaban J connectivity index is 1.22. The van der Waals surface area contributed by atoms with Crippen molar-refractivity contribution in [2.75, 3.05) is 31.2 Å². The zero-order valence-corrected chi connectivity index (χ0v) is 18.1. The summed E-state index contributed by atoms with van der Waals surface area (Å²) in [6.45, 7) is 6.08. The van der Waals surface area contributed by atoms with E-state index in [-0.39, 0.29) is 11.5 Å². The number of nitrogens with zero attached hydrogens (tertiary/aromatic N) is 4. The van der Waals surface area contributed by atoms with Crippen molar-refractivity contribution in [3.63, 3.8) is 0 Å². The maximum absolute atomic E-state index is 6.75. The van der Waals surface area contributed by atoms with Gasteiger partial charge in [0.25, 0.3) is 0 Å². The maximum atomic E-state index is 6.75. The van der Waals surface area contributed by atoms with Gasteiger partial charge in [-0.25, -0.2) is 9.97 Å². The molecule has 160 valence electrons. The topological polar surface area (TPSA) is 76.6 Å². The van der Waals surface area contributed by atoms with Gasteiger partial charge < -0.3 is 15.4 Å². The Labute approximate surface area is 183 Å².